The number of aromatic nitrogens is 1. The average molecular weight is 452 g/mol. The Morgan fingerprint density at radius 1 is 1.00 bits per heavy atom. The van der Waals surface area contributed by atoms with Crippen LogP contribution < -0.4 is 26.1 Å². The van der Waals surface area contributed by atoms with Gasteiger partial charge in [-0.2, -0.15) is 0 Å². The SMILES string of the molecule is Nc1c2c(cc(=O)n1-c1cc3c(cc1C(=O)c1cccc(Cl)c1)OCCO3)C(=O)NC2=O. The molecule has 3 heterocycles. The molecule has 0 atom stereocenters. The molecule has 9 nitrogen and oxygen atoms in total. The third-order valence-corrected chi connectivity index (χ3v) is 5.42. The highest BCUT2D eigenvalue weighted by molar-refractivity contribution is 6.31. The molecule has 0 saturated carbocycles. The van der Waals surface area contributed by atoms with E-state index in [9.17, 15) is 19.2 Å². The molecule has 3 aromatic rings. The number of ether oxygens (including phenoxy) is 2. The fourth-order valence-corrected chi connectivity index (χ4v) is 3.95. The van der Waals surface area contributed by atoms with Crippen LogP contribution in [0.5, 0.6) is 11.5 Å². The van der Waals surface area contributed by atoms with Gasteiger partial charge in [-0.05, 0) is 18.2 Å². The normalized spacial score (nSPS) is 14.2. The highest BCUT2D eigenvalue weighted by atomic mass is 35.5. The monoisotopic (exact) mass is 451 g/mol. The van der Waals surface area contributed by atoms with Crippen LogP contribution in [-0.2, 0) is 0 Å². The second-order valence-electron chi connectivity index (χ2n) is 7.13. The predicted molar refractivity (Wildman–Crippen MR) is 114 cm³/mol. The molecule has 0 unspecified atom stereocenters. The van der Waals surface area contributed by atoms with Gasteiger partial charge >= 0.3 is 0 Å². The largest absolute Gasteiger partial charge is 0.486 e. The Morgan fingerprint density at radius 3 is 2.44 bits per heavy atom. The number of ketones is 1. The molecular formula is C22H14ClN3O6. The number of anilines is 1. The van der Waals surface area contributed by atoms with Crippen molar-refractivity contribution >= 4 is 35.0 Å². The number of carbonyl (C=O) groups excluding carboxylic acids is 3. The summed E-state index contributed by atoms with van der Waals surface area (Å²) >= 11 is 6.04. The van der Waals surface area contributed by atoms with Gasteiger partial charge in [-0.25, -0.2) is 0 Å². The Hall–Kier alpha value is -4.11. The summed E-state index contributed by atoms with van der Waals surface area (Å²) in [6, 6.07) is 10.2. The molecule has 10 heteroatoms. The van der Waals surface area contributed by atoms with E-state index in [4.69, 9.17) is 26.8 Å². The number of rotatable bonds is 3. The first-order chi connectivity index (χ1) is 15.3. The molecule has 0 saturated heterocycles. The summed E-state index contributed by atoms with van der Waals surface area (Å²) in [7, 11) is 0. The maximum atomic E-state index is 13.4. The number of imide groups is 1. The zero-order chi connectivity index (χ0) is 22.6. The van der Waals surface area contributed by atoms with E-state index in [0.717, 1.165) is 10.6 Å². The molecule has 5 rings (SSSR count). The van der Waals surface area contributed by atoms with E-state index >= 15 is 0 Å². The topological polar surface area (TPSA) is 130 Å². The van der Waals surface area contributed by atoms with Crippen LogP contribution in [0.2, 0.25) is 5.02 Å². The van der Waals surface area contributed by atoms with Crippen molar-refractivity contribution in [3.8, 4) is 17.2 Å². The Labute approximate surface area is 185 Å². The van der Waals surface area contributed by atoms with E-state index in [1.54, 1.807) is 18.2 Å². The van der Waals surface area contributed by atoms with Gasteiger partial charge in [0.2, 0.25) is 0 Å². The molecule has 2 aliphatic rings. The summed E-state index contributed by atoms with van der Waals surface area (Å²) in [5.41, 5.74) is 5.66. The van der Waals surface area contributed by atoms with Crippen LogP contribution in [0.4, 0.5) is 5.82 Å². The van der Waals surface area contributed by atoms with Crippen LogP contribution in [0.1, 0.15) is 36.6 Å². The first kappa shape index (κ1) is 19.8. The van der Waals surface area contributed by atoms with Gasteiger partial charge in [-0.15, -0.1) is 0 Å². The lowest BCUT2D eigenvalue weighted by Gasteiger charge is -2.22. The van der Waals surface area contributed by atoms with Crippen LogP contribution in [-0.4, -0.2) is 35.4 Å². The van der Waals surface area contributed by atoms with E-state index in [1.807, 2.05) is 0 Å². The highest BCUT2D eigenvalue weighted by Gasteiger charge is 2.33. The molecule has 32 heavy (non-hydrogen) atoms. The summed E-state index contributed by atoms with van der Waals surface area (Å²) in [6.07, 6.45) is 0. The lowest BCUT2D eigenvalue weighted by molar-refractivity contribution is 0.0879. The van der Waals surface area contributed by atoms with E-state index in [1.165, 1.54) is 18.2 Å². The molecular weight excluding hydrogens is 438 g/mol. The van der Waals surface area contributed by atoms with E-state index in [0.29, 0.717) is 23.1 Å². The number of carbonyl (C=O) groups is 3. The fourth-order valence-electron chi connectivity index (χ4n) is 3.76. The number of amides is 2. The second-order valence-corrected chi connectivity index (χ2v) is 7.56. The van der Waals surface area contributed by atoms with Crippen molar-refractivity contribution in [2.24, 2.45) is 0 Å². The molecule has 2 aliphatic heterocycles. The van der Waals surface area contributed by atoms with Crippen molar-refractivity contribution in [2.75, 3.05) is 18.9 Å². The standard InChI is InChI=1S/C22H14ClN3O6/c23-11-3-1-2-10(6-11)19(28)12-7-15-16(32-5-4-31-15)9-14(12)26-17(27)8-13-18(20(26)24)22(30)25-21(13)29/h1-3,6-9H,4-5,24H2,(H,25,29,30). The number of nitrogens with two attached hydrogens (primary N) is 1. The number of nitrogens with zero attached hydrogens (tertiary/aromatic N) is 1. The van der Waals surface area contributed by atoms with Gasteiger partial charge in [0.25, 0.3) is 17.4 Å². The molecule has 160 valence electrons. The van der Waals surface area contributed by atoms with Crippen molar-refractivity contribution in [1.82, 2.24) is 9.88 Å². The number of halogens is 1. The molecule has 0 fully saturated rings. The Morgan fingerprint density at radius 2 is 1.72 bits per heavy atom. The zero-order valence-corrected chi connectivity index (χ0v) is 17.1. The van der Waals surface area contributed by atoms with Crippen LogP contribution >= 0.6 is 11.6 Å². The van der Waals surface area contributed by atoms with Crippen molar-refractivity contribution in [3.05, 3.63) is 80.1 Å². The number of hydrogen-bond acceptors (Lipinski definition) is 7. The minimum atomic E-state index is -0.725. The van der Waals surface area contributed by atoms with Gasteiger partial charge in [-0.1, -0.05) is 23.7 Å². The summed E-state index contributed by atoms with van der Waals surface area (Å²) in [6.45, 7) is 0.569. The molecule has 2 amide bonds. The lowest BCUT2D eigenvalue weighted by atomic mass is 10.00. The summed E-state index contributed by atoms with van der Waals surface area (Å²) in [4.78, 5) is 50.6. The van der Waals surface area contributed by atoms with Crippen molar-refractivity contribution in [2.45, 2.75) is 0 Å². The maximum Gasteiger partial charge on any atom is 0.262 e. The summed E-state index contributed by atoms with van der Waals surface area (Å²) in [5.74, 6) is -1.53. The van der Waals surface area contributed by atoms with Crippen LogP contribution in [0, 0.1) is 0 Å². The predicted octanol–water partition coefficient (Wildman–Crippen LogP) is 1.96. The van der Waals surface area contributed by atoms with Gasteiger partial charge in [0, 0.05) is 22.7 Å². The highest BCUT2D eigenvalue weighted by Crippen LogP contribution is 2.37. The van der Waals surface area contributed by atoms with Crippen molar-refractivity contribution in [1.29, 1.82) is 0 Å². The fraction of sp³-hybridized carbons (Fsp3) is 0.0909. The average Bonchev–Trinajstić information content (AvgIpc) is 3.05. The molecule has 1 aromatic heterocycles. The smallest absolute Gasteiger partial charge is 0.262 e. The lowest BCUT2D eigenvalue weighted by Crippen LogP contribution is -2.26. The zero-order valence-electron chi connectivity index (χ0n) is 16.3. The molecule has 0 aliphatic carbocycles. The molecule has 3 N–H and O–H groups in total. The van der Waals surface area contributed by atoms with Gasteiger partial charge in [0.1, 0.15) is 19.0 Å². The number of fused-ring (bicyclic) bond motifs is 2. The number of hydrogen-bond donors (Lipinski definition) is 2. The first-order valence-electron chi connectivity index (χ1n) is 9.50. The van der Waals surface area contributed by atoms with Crippen LogP contribution in [0.15, 0.2) is 47.3 Å². The van der Waals surface area contributed by atoms with Crippen LogP contribution in [0.25, 0.3) is 5.69 Å². The van der Waals surface area contributed by atoms with Crippen LogP contribution in [0.3, 0.4) is 0 Å². The quantitative estimate of drug-likeness (QED) is 0.460. The summed E-state index contributed by atoms with van der Waals surface area (Å²) < 4.78 is 12.2. The Kier molecular flexibility index (Phi) is 4.49. The number of pyridine rings is 1. The van der Waals surface area contributed by atoms with E-state index in [2.05, 4.69) is 5.32 Å². The molecule has 0 bridgehead atoms. The maximum absolute atomic E-state index is 13.4. The minimum absolute atomic E-state index is 0.0787. The van der Waals surface area contributed by atoms with Gasteiger partial charge < -0.3 is 15.2 Å². The molecule has 0 spiro atoms. The Bertz CT molecular complexity index is 1410. The van der Waals surface area contributed by atoms with Crippen molar-refractivity contribution in [3.63, 3.8) is 0 Å². The van der Waals surface area contributed by atoms with Crippen molar-refractivity contribution < 1.29 is 23.9 Å². The second kappa shape index (κ2) is 7.24. The molecule has 2 aromatic carbocycles. The number of benzene rings is 2. The van der Waals surface area contributed by atoms with Gasteiger partial charge in [0.05, 0.1) is 22.4 Å². The third kappa shape index (κ3) is 3.02. The number of nitrogen functional groups attached to an aromatic ring is 1. The summed E-state index contributed by atoms with van der Waals surface area (Å²) in [5, 5.41) is 2.47. The van der Waals surface area contributed by atoms with Gasteiger partial charge in [-0.3, -0.25) is 29.1 Å². The van der Waals surface area contributed by atoms with E-state index in [-0.39, 0.29) is 40.4 Å². The molecule has 0 radical (unpaired) electrons. The number of nitrogens with one attached hydrogen (secondary N) is 1. The van der Waals surface area contributed by atoms with Gasteiger partial charge in [0.15, 0.2) is 17.3 Å². The van der Waals surface area contributed by atoms with E-state index < -0.39 is 23.2 Å². The first-order valence-corrected chi connectivity index (χ1v) is 9.88. The third-order valence-electron chi connectivity index (χ3n) is 5.19. The minimum Gasteiger partial charge on any atom is -0.486 e. The Balaban J connectivity index is 1.79.